The maximum Gasteiger partial charge on any atom is 0.308 e. The molecule has 0 radical (unpaired) electrons. The fraction of sp³-hybridized carbons (Fsp3) is 0.444. The van der Waals surface area contributed by atoms with Crippen molar-refractivity contribution >= 4 is 18.0 Å². The van der Waals surface area contributed by atoms with Crippen LogP contribution in [0.5, 0.6) is 17.2 Å². The molecule has 1 atom stereocenters. The summed E-state index contributed by atoms with van der Waals surface area (Å²) in [6, 6.07) is 3.31. The van der Waals surface area contributed by atoms with Crippen LogP contribution in [0.2, 0.25) is 0 Å². The van der Waals surface area contributed by atoms with Gasteiger partial charge in [-0.3, -0.25) is 15.0 Å². The zero-order valence-corrected chi connectivity index (χ0v) is 15.4. The number of hydrazine groups is 1. The Morgan fingerprint density at radius 1 is 1.27 bits per heavy atom. The van der Waals surface area contributed by atoms with Crippen LogP contribution in [0.3, 0.4) is 0 Å². The van der Waals surface area contributed by atoms with Gasteiger partial charge in [-0.1, -0.05) is 0 Å². The molecule has 1 aromatic rings. The predicted molar refractivity (Wildman–Crippen MR) is 95.0 cm³/mol. The first-order chi connectivity index (χ1) is 12.4. The lowest BCUT2D eigenvalue weighted by molar-refractivity contribution is -0.132. The summed E-state index contributed by atoms with van der Waals surface area (Å²) in [5, 5.41) is 1.83. The Morgan fingerprint density at radius 2 is 1.92 bits per heavy atom. The van der Waals surface area contributed by atoms with Crippen LogP contribution in [0, 0.1) is 0 Å². The van der Waals surface area contributed by atoms with E-state index in [4.69, 9.17) is 18.9 Å². The van der Waals surface area contributed by atoms with Crippen LogP contribution in [-0.4, -0.2) is 56.9 Å². The molecule has 1 aliphatic heterocycles. The fourth-order valence-corrected chi connectivity index (χ4v) is 2.53. The number of carbonyl (C=O) groups excluding carboxylic acids is 2. The molecule has 1 aliphatic rings. The number of rotatable bonds is 6. The summed E-state index contributed by atoms with van der Waals surface area (Å²) in [7, 11) is 2.92. The van der Waals surface area contributed by atoms with Crippen molar-refractivity contribution in [2.24, 2.45) is 0 Å². The number of nitrogens with zero attached hydrogens (tertiary/aromatic N) is 1. The fourth-order valence-electron chi connectivity index (χ4n) is 2.53. The van der Waals surface area contributed by atoms with Crippen molar-refractivity contribution < 1.29 is 28.5 Å². The van der Waals surface area contributed by atoms with Crippen LogP contribution in [0.1, 0.15) is 19.4 Å². The minimum absolute atomic E-state index is 0.0790. The van der Waals surface area contributed by atoms with E-state index in [1.807, 2.05) is 11.9 Å². The smallest absolute Gasteiger partial charge is 0.308 e. The van der Waals surface area contributed by atoms with Crippen LogP contribution in [-0.2, 0) is 14.3 Å². The van der Waals surface area contributed by atoms with Crippen molar-refractivity contribution in [2.75, 3.05) is 33.9 Å². The first kappa shape index (κ1) is 19.7. The summed E-state index contributed by atoms with van der Waals surface area (Å²) in [6.07, 6.45) is 3.12. The third-order valence-corrected chi connectivity index (χ3v) is 3.67. The molecule has 142 valence electrons. The molecule has 2 rings (SSSR count). The van der Waals surface area contributed by atoms with Gasteiger partial charge in [0.2, 0.25) is 5.75 Å². The van der Waals surface area contributed by atoms with Crippen LogP contribution in [0.25, 0.3) is 6.08 Å². The van der Waals surface area contributed by atoms with Crippen molar-refractivity contribution in [1.82, 2.24) is 10.4 Å². The Balaban J connectivity index is 2.11. The maximum atomic E-state index is 12.1. The Bertz CT molecular complexity index is 663. The first-order valence-electron chi connectivity index (χ1n) is 8.22. The summed E-state index contributed by atoms with van der Waals surface area (Å²) in [5.41, 5.74) is 3.48. The quantitative estimate of drug-likeness (QED) is 0.464. The molecule has 0 bridgehead atoms. The topological polar surface area (TPSA) is 86.3 Å². The van der Waals surface area contributed by atoms with E-state index in [0.717, 1.165) is 0 Å². The van der Waals surface area contributed by atoms with Gasteiger partial charge in [0, 0.05) is 26.1 Å². The number of amides is 1. The highest BCUT2D eigenvalue weighted by Crippen LogP contribution is 2.39. The number of nitrogens with one attached hydrogen (secondary N) is 1. The van der Waals surface area contributed by atoms with Crippen LogP contribution < -0.4 is 19.6 Å². The molecule has 1 aromatic carbocycles. The van der Waals surface area contributed by atoms with Crippen molar-refractivity contribution in [3.63, 3.8) is 0 Å². The molecule has 8 heteroatoms. The van der Waals surface area contributed by atoms with E-state index in [1.165, 1.54) is 27.2 Å². The average Bonchev–Trinajstić information content (AvgIpc) is 2.60. The molecule has 1 amide bonds. The van der Waals surface area contributed by atoms with Gasteiger partial charge in [-0.2, -0.15) is 0 Å². The Kier molecular flexibility index (Phi) is 6.99. The summed E-state index contributed by atoms with van der Waals surface area (Å²) < 4.78 is 21.1. The molecule has 1 unspecified atom stereocenters. The molecular weight excluding hydrogens is 340 g/mol. The molecule has 0 aliphatic carbocycles. The van der Waals surface area contributed by atoms with Gasteiger partial charge in [0.25, 0.3) is 5.91 Å². The number of ether oxygens (including phenoxy) is 4. The van der Waals surface area contributed by atoms with Crippen LogP contribution in [0.15, 0.2) is 18.2 Å². The lowest BCUT2D eigenvalue weighted by Gasteiger charge is -2.30. The molecule has 0 saturated carbocycles. The zero-order chi connectivity index (χ0) is 19.1. The van der Waals surface area contributed by atoms with Gasteiger partial charge < -0.3 is 18.9 Å². The molecule has 8 nitrogen and oxygen atoms in total. The van der Waals surface area contributed by atoms with Gasteiger partial charge in [-0.25, -0.2) is 5.01 Å². The number of hydrogen-bond donors (Lipinski definition) is 1. The highest BCUT2D eigenvalue weighted by molar-refractivity contribution is 5.91. The van der Waals surface area contributed by atoms with E-state index in [9.17, 15) is 9.59 Å². The molecular formula is C18H24N2O6. The average molecular weight is 364 g/mol. The number of hydrogen-bond acceptors (Lipinski definition) is 7. The summed E-state index contributed by atoms with van der Waals surface area (Å²) in [4.78, 5) is 23.3. The van der Waals surface area contributed by atoms with Gasteiger partial charge in [0.1, 0.15) is 0 Å². The maximum absolute atomic E-state index is 12.1. The van der Waals surface area contributed by atoms with Gasteiger partial charge in [-0.05, 0) is 30.7 Å². The highest BCUT2D eigenvalue weighted by atomic mass is 16.6. The van der Waals surface area contributed by atoms with E-state index < -0.39 is 5.97 Å². The van der Waals surface area contributed by atoms with Crippen molar-refractivity contribution in [2.45, 2.75) is 20.0 Å². The summed E-state index contributed by atoms with van der Waals surface area (Å²) in [6.45, 7) is 5.11. The number of carbonyl (C=O) groups is 2. The second-order valence-electron chi connectivity index (χ2n) is 5.79. The molecule has 1 fully saturated rings. The van der Waals surface area contributed by atoms with Crippen LogP contribution >= 0.6 is 0 Å². The highest BCUT2D eigenvalue weighted by Gasteiger charge is 2.18. The minimum Gasteiger partial charge on any atom is -0.493 e. The van der Waals surface area contributed by atoms with E-state index in [2.05, 4.69) is 5.43 Å². The normalized spacial score (nSPS) is 17.8. The largest absolute Gasteiger partial charge is 0.493 e. The summed E-state index contributed by atoms with van der Waals surface area (Å²) in [5.74, 6) is 0.139. The van der Waals surface area contributed by atoms with Gasteiger partial charge >= 0.3 is 5.97 Å². The second kappa shape index (κ2) is 9.21. The first-order valence-corrected chi connectivity index (χ1v) is 8.22. The molecule has 26 heavy (non-hydrogen) atoms. The lowest BCUT2D eigenvalue weighted by atomic mass is 10.1. The predicted octanol–water partition coefficient (Wildman–Crippen LogP) is 1.39. The van der Waals surface area contributed by atoms with Crippen molar-refractivity contribution in [1.29, 1.82) is 0 Å². The Labute approximate surface area is 152 Å². The number of methoxy groups -OCH3 is 2. The Hall–Kier alpha value is -2.58. The van der Waals surface area contributed by atoms with Crippen molar-refractivity contribution in [3.05, 3.63) is 23.8 Å². The third kappa shape index (κ3) is 5.47. The van der Waals surface area contributed by atoms with Gasteiger partial charge in [0.05, 0.1) is 26.9 Å². The second-order valence-corrected chi connectivity index (χ2v) is 5.79. The SMILES string of the molecule is COc1cc(/C=C/C(=O)NN2CCOC(C)C2)cc(OC)c1OC(C)=O. The Morgan fingerprint density at radius 3 is 2.46 bits per heavy atom. The monoisotopic (exact) mass is 364 g/mol. The molecule has 1 heterocycles. The number of benzene rings is 1. The van der Waals surface area contributed by atoms with Crippen LogP contribution in [0.4, 0.5) is 0 Å². The lowest BCUT2D eigenvalue weighted by Crippen LogP contribution is -2.50. The number of morpholine rings is 1. The van der Waals surface area contributed by atoms with E-state index in [-0.39, 0.29) is 17.8 Å². The van der Waals surface area contributed by atoms with Gasteiger partial charge in [0.15, 0.2) is 11.5 Å². The zero-order valence-electron chi connectivity index (χ0n) is 15.4. The van der Waals surface area contributed by atoms with E-state index in [1.54, 1.807) is 18.2 Å². The van der Waals surface area contributed by atoms with E-state index >= 15 is 0 Å². The molecule has 0 aromatic heterocycles. The van der Waals surface area contributed by atoms with Gasteiger partial charge in [-0.15, -0.1) is 0 Å². The molecule has 1 saturated heterocycles. The number of esters is 1. The minimum atomic E-state index is -0.482. The summed E-state index contributed by atoms with van der Waals surface area (Å²) >= 11 is 0. The third-order valence-electron chi connectivity index (χ3n) is 3.67. The standard InChI is InChI=1S/C18H24N2O6/c1-12-11-20(7-8-25-12)19-17(22)6-5-14-9-15(23-3)18(26-13(2)21)16(10-14)24-4/h5-6,9-10,12H,7-8,11H2,1-4H3,(H,19,22)/b6-5+. The molecule has 1 N–H and O–H groups in total. The molecule has 0 spiro atoms. The van der Waals surface area contributed by atoms with Crippen molar-refractivity contribution in [3.8, 4) is 17.2 Å². The van der Waals surface area contributed by atoms with E-state index in [0.29, 0.717) is 36.8 Å².